The molecule has 2 atom stereocenters. The fourth-order valence-corrected chi connectivity index (χ4v) is 3.14. The van der Waals surface area contributed by atoms with E-state index in [4.69, 9.17) is 16.3 Å². The third kappa shape index (κ3) is 2.85. The second-order valence-electron chi connectivity index (χ2n) is 4.53. The van der Waals surface area contributed by atoms with Gasteiger partial charge >= 0.3 is 0 Å². The summed E-state index contributed by atoms with van der Waals surface area (Å²) in [6, 6.07) is 0. The van der Waals surface area contributed by atoms with Crippen molar-refractivity contribution in [3.63, 3.8) is 0 Å². The number of aromatic nitrogens is 2. The highest BCUT2D eigenvalue weighted by atomic mass is 79.9. The SMILES string of the molecule is CCc1nn(C)c(CC2COCCC2Br)c1Cl. The maximum Gasteiger partial charge on any atom is 0.0849 e. The van der Waals surface area contributed by atoms with Gasteiger partial charge < -0.3 is 4.74 Å². The van der Waals surface area contributed by atoms with Gasteiger partial charge in [0.2, 0.25) is 0 Å². The van der Waals surface area contributed by atoms with Crippen LogP contribution in [0.2, 0.25) is 5.02 Å². The van der Waals surface area contributed by atoms with Gasteiger partial charge in [-0.15, -0.1) is 0 Å². The van der Waals surface area contributed by atoms with Crippen molar-refractivity contribution in [1.29, 1.82) is 0 Å². The lowest BCUT2D eigenvalue weighted by Crippen LogP contribution is -2.30. The number of hydrogen-bond donors (Lipinski definition) is 0. The van der Waals surface area contributed by atoms with Crippen LogP contribution < -0.4 is 0 Å². The van der Waals surface area contributed by atoms with E-state index < -0.39 is 0 Å². The van der Waals surface area contributed by atoms with E-state index in [2.05, 4.69) is 28.0 Å². The van der Waals surface area contributed by atoms with E-state index in [9.17, 15) is 0 Å². The van der Waals surface area contributed by atoms with Gasteiger partial charge in [-0.3, -0.25) is 4.68 Å². The molecule has 0 radical (unpaired) electrons. The summed E-state index contributed by atoms with van der Waals surface area (Å²) in [5, 5.41) is 5.28. The average Bonchev–Trinajstić information content (AvgIpc) is 2.59. The summed E-state index contributed by atoms with van der Waals surface area (Å²) in [6.07, 6.45) is 2.88. The molecule has 2 unspecified atom stereocenters. The summed E-state index contributed by atoms with van der Waals surface area (Å²) in [6.45, 7) is 3.74. The van der Waals surface area contributed by atoms with Crippen molar-refractivity contribution >= 4 is 27.5 Å². The Labute approximate surface area is 116 Å². The van der Waals surface area contributed by atoms with Gasteiger partial charge in [0.25, 0.3) is 0 Å². The number of rotatable bonds is 3. The maximum atomic E-state index is 6.36. The third-order valence-corrected chi connectivity index (χ3v) is 4.98. The first-order valence-corrected chi connectivity index (χ1v) is 7.34. The topological polar surface area (TPSA) is 27.1 Å². The number of nitrogens with zero attached hydrogens (tertiary/aromatic N) is 2. The average molecular weight is 322 g/mol. The van der Waals surface area contributed by atoms with Gasteiger partial charge in [-0.1, -0.05) is 34.5 Å². The maximum absolute atomic E-state index is 6.36. The Balaban J connectivity index is 2.14. The molecular formula is C12H18BrClN2O. The van der Waals surface area contributed by atoms with Crippen molar-refractivity contribution in [1.82, 2.24) is 9.78 Å². The Hall–Kier alpha value is -0.0600. The van der Waals surface area contributed by atoms with E-state index in [0.29, 0.717) is 10.7 Å². The quantitative estimate of drug-likeness (QED) is 0.800. The molecule has 0 spiro atoms. The van der Waals surface area contributed by atoms with Gasteiger partial charge in [-0.05, 0) is 19.3 Å². The fourth-order valence-electron chi connectivity index (χ4n) is 2.25. The second kappa shape index (κ2) is 5.72. The number of ether oxygens (including phenoxy) is 1. The van der Waals surface area contributed by atoms with Crippen LogP contribution in [0.5, 0.6) is 0 Å². The van der Waals surface area contributed by atoms with Crippen molar-refractivity contribution in [2.75, 3.05) is 13.2 Å². The first-order valence-electron chi connectivity index (χ1n) is 6.05. The van der Waals surface area contributed by atoms with Gasteiger partial charge in [-0.25, -0.2) is 0 Å². The normalized spacial score (nSPS) is 25.2. The van der Waals surface area contributed by atoms with E-state index in [1.54, 1.807) is 0 Å². The predicted molar refractivity (Wildman–Crippen MR) is 72.9 cm³/mol. The molecular weight excluding hydrogens is 304 g/mol. The number of halogens is 2. The van der Waals surface area contributed by atoms with Crippen molar-refractivity contribution in [3.8, 4) is 0 Å². The van der Waals surface area contributed by atoms with Crippen LogP contribution >= 0.6 is 27.5 Å². The van der Waals surface area contributed by atoms with E-state index in [1.807, 2.05) is 11.7 Å². The minimum atomic E-state index is 0.487. The van der Waals surface area contributed by atoms with Crippen LogP contribution in [0, 0.1) is 5.92 Å². The zero-order valence-electron chi connectivity index (χ0n) is 10.2. The van der Waals surface area contributed by atoms with Gasteiger partial charge in [0.1, 0.15) is 0 Å². The van der Waals surface area contributed by atoms with Gasteiger partial charge in [0.05, 0.1) is 23.0 Å². The predicted octanol–water partition coefficient (Wildman–Crippen LogP) is 2.98. The van der Waals surface area contributed by atoms with Crippen molar-refractivity contribution in [2.24, 2.45) is 13.0 Å². The van der Waals surface area contributed by atoms with Crippen molar-refractivity contribution in [2.45, 2.75) is 31.0 Å². The largest absolute Gasteiger partial charge is 0.381 e. The molecule has 1 fully saturated rings. The molecule has 1 aromatic heterocycles. The zero-order valence-corrected chi connectivity index (χ0v) is 12.6. The molecule has 2 heterocycles. The molecule has 0 N–H and O–H groups in total. The number of alkyl halides is 1. The highest BCUT2D eigenvalue weighted by Crippen LogP contribution is 2.29. The standard InChI is InChI=1S/C12H18BrClN2O/c1-3-10-12(14)11(16(2)15-10)6-8-7-17-5-4-9(8)13/h8-9H,3-7H2,1-2H3. The highest BCUT2D eigenvalue weighted by Gasteiger charge is 2.26. The second-order valence-corrected chi connectivity index (χ2v) is 6.08. The molecule has 1 aliphatic rings. The highest BCUT2D eigenvalue weighted by molar-refractivity contribution is 9.09. The van der Waals surface area contributed by atoms with Crippen LogP contribution in [-0.2, 0) is 24.6 Å². The van der Waals surface area contributed by atoms with Crippen LogP contribution in [-0.4, -0.2) is 27.8 Å². The van der Waals surface area contributed by atoms with E-state index >= 15 is 0 Å². The monoisotopic (exact) mass is 320 g/mol. The number of aryl methyl sites for hydroxylation is 2. The molecule has 0 bridgehead atoms. The minimum absolute atomic E-state index is 0.487. The minimum Gasteiger partial charge on any atom is -0.381 e. The molecule has 1 aromatic rings. The summed E-state index contributed by atoms with van der Waals surface area (Å²) in [5.41, 5.74) is 2.12. The van der Waals surface area contributed by atoms with Crippen molar-refractivity contribution < 1.29 is 4.74 Å². The molecule has 0 aliphatic carbocycles. The summed E-state index contributed by atoms with van der Waals surface area (Å²) < 4.78 is 7.45. The van der Waals surface area contributed by atoms with Gasteiger partial charge in [0.15, 0.2) is 0 Å². The van der Waals surface area contributed by atoms with Gasteiger partial charge in [0, 0.05) is 24.4 Å². The first kappa shape index (κ1) is 13.4. The van der Waals surface area contributed by atoms with E-state index in [0.717, 1.165) is 48.9 Å². The number of hydrogen-bond acceptors (Lipinski definition) is 2. The summed E-state index contributed by atoms with van der Waals surface area (Å²) in [7, 11) is 1.97. The Morgan fingerprint density at radius 1 is 1.59 bits per heavy atom. The summed E-state index contributed by atoms with van der Waals surface area (Å²) in [4.78, 5) is 0.521. The van der Waals surface area contributed by atoms with Crippen LogP contribution in [0.3, 0.4) is 0 Å². The Morgan fingerprint density at radius 3 is 2.94 bits per heavy atom. The molecule has 1 aliphatic heterocycles. The summed E-state index contributed by atoms with van der Waals surface area (Å²) >= 11 is 10.1. The molecule has 96 valence electrons. The zero-order chi connectivity index (χ0) is 12.4. The van der Waals surface area contributed by atoms with Crippen LogP contribution in [0.1, 0.15) is 24.7 Å². The first-order chi connectivity index (χ1) is 8.13. The Morgan fingerprint density at radius 2 is 2.35 bits per heavy atom. The molecule has 2 rings (SSSR count). The third-order valence-electron chi connectivity index (χ3n) is 3.34. The molecule has 1 saturated heterocycles. The van der Waals surface area contributed by atoms with Crippen LogP contribution in [0.15, 0.2) is 0 Å². The summed E-state index contributed by atoms with van der Waals surface area (Å²) in [5.74, 6) is 0.487. The lowest BCUT2D eigenvalue weighted by atomic mass is 9.96. The smallest absolute Gasteiger partial charge is 0.0849 e. The molecule has 0 aromatic carbocycles. The molecule has 5 heteroatoms. The van der Waals surface area contributed by atoms with Gasteiger partial charge in [-0.2, -0.15) is 5.10 Å². The molecule has 0 amide bonds. The molecule has 0 saturated carbocycles. The molecule has 17 heavy (non-hydrogen) atoms. The van der Waals surface area contributed by atoms with E-state index in [-0.39, 0.29) is 0 Å². The van der Waals surface area contributed by atoms with Crippen LogP contribution in [0.25, 0.3) is 0 Å². The van der Waals surface area contributed by atoms with Crippen molar-refractivity contribution in [3.05, 3.63) is 16.4 Å². The fraction of sp³-hybridized carbons (Fsp3) is 0.750. The van der Waals surface area contributed by atoms with E-state index in [1.165, 1.54) is 0 Å². The molecule has 3 nitrogen and oxygen atoms in total. The Bertz CT molecular complexity index is 394. The Kier molecular flexibility index (Phi) is 4.50. The lowest BCUT2D eigenvalue weighted by Gasteiger charge is -2.27. The van der Waals surface area contributed by atoms with Crippen LogP contribution in [0.4, 0.5) is 0 Å². The lowest BCUT2D eigenvalue weighted by molar-refractivity contribution is 0.0599.